The Kier molecular flexibility index (Phi) is 7.18. The number of nitrogens with one attached hydrogen (secondary N) is 2. The van der Waals surface area contributed by atoms with E-state index in [-0.39, 0.29) is 11.5 Å². The molecule has 1 amide bonds. The molecule has 0 unspecified atom stereocenters. The molecule has 0 radical (unpaired) electrons. The Bertz CT molecular complexity index is 1280. The van der Waals surface area contributed by atoms with Crippen LogP contribution in [0.25, 0.3) is 5.69 Å². The number of hydrazone groups is 1. The Labute approximate surface area is 199 Å². The Balaban J connectivity index is 1.66. The van der Waals surface area contributed by atoms with Crippen molar-refractivity contribution in [2.75, 3.05) is 0 Å². The molecule has 0 aliphatic heterocycles. The first kappa shape index (κ1) is 23.0. The van der Waals surface area contributed by atoms with Crippen LogP contribution in [-0.2, 0) is 11.2 Å². The number of aryl methyl sites for hydroxylation is 1. The van der Waals surface area contributed by atoms with Crippen LogP contribution in [-0.4, -0.2) is 21.4 Å². The Morgan fingerprint density at radius 2 is 1.44 bits per heavy atom. The van der Waals surface area contributed by atoms with Gasteiger partial charge in [-0.2, -0.15) is 5.10 Å². The molecule has 172 valence electrons. The maximum Gasteiger partial charge on any atom is 0.280 e. The predicted molar refractivity (Wildman–Crippen MR) is 135 cm³/mol. The zero-order valence-corrected chi connectivity index (χ0v) is 19.4. The molecule has 34 heavy (non-hydrogen) atoms. The van der Waals surface area contributed by atoms with Crippen molar-refractivity contribution in [3.05, 3.63) is 124 Å². The van der Waals surface area contributed by atoms with E-state index in [2.05, 4.69) is 22.5 Å². The van der Waals surface area contributed by atoms with E-state index in [0.29, 0.717) is 17.7 Å². The molecule has 0 saturated heterocycles. The van der Waals surface area contributed by atoms with E-state index in [1.165, 1.54) is 4.68 Å². The van der Waals surface area contributed by atoms with Crippen molar-refractivity contribution in [3.63, 3.8) is 0 Å². The number of benzene rings is 3. The molecule has 0 fully saturated rings. The SMILES string of the molecule is CCCc1[nH]n(-c2ccccc2)c(=O)c1/C(C)=N/NC(=O)C(c1ccccc1)c1ccccc1. The van der Waals surface area contributed by atoms with Crippen LogP contribution in [0, 0.1) is 0 Å². The first-order valence-electron chi connectivity index (χ1n) is 11.4. The number of aromatic nitrogens is 2. The molecule has 1 aromatic heterocycles. The summed E-state index contributed by atoms with van der Waals surface area (Å²) in [7, 11) is 0. The van der Waals surface area contributed by atoms with Gasteiger partial charge in [-0.05, 0) is 36.6 Å². The number of H-pyrrole nitrogens is 1. The lowest BCUT2D eigenvalue weighted by atomic mass is 9.91. The highest BCUT2D eigenvalue weighted by molar-refractivity contribution is 6.00. The summed E-state index contributed by atoms with van der Waals surface area (Å²) in [5, 5.41) is 7.58. The molecule has 2 N–H and O–H groups in total. The van der Waals surface area contributed by atoms with Gasteiger partial charge < -0.3 is 0 Å². The van der Waals surface area contributed by atoms with Crippen molar-refractivity contribution in [3.8, 4) is 5.69 Å². The molecular formula is C28H28N4O2. The molecule has 0 bridgehead atoms. The fourth-order valence-electron chi connectivity index (χ4n) is 4.09. The summed E-state index contributed by atoms with van der Waals surface area (Å²) in [5.74, 6) is -0.769. The number of hydrogen-bond donors (Lipinski definition) is 2. The molecule has 6 nitrogen and oxygen atoms in total. The van der Waals surface area contributed by atoms with E-state index in [9.17, 15) is 9.59 Å². The van der Waals surface area contributed by atoms with Crippen LogP contribution >= 0.6 is 0 Å². The van der Waals surface area contributed by atoms with Crippen molar-refractivity contribution in [1.82, 2.24) is 15.2 Å². The van der Waals surface area contributed by atoms with Gasteiger partial charge >= 0.3 is 0 Å². The summed E-state index contributed by atoms with van der Waals surface area (Å²) in [5.41, 5.74) is 6.78. The van der Waals surface area contributed by atoms with Crippen LogP contribution < -0.4 is 11.0 Å². The van der Waals surface area contributed by atoms with Crippen molar-refractivity contribution < 1.29 is 4.79 Å². The smallest absolute Gasteiger partial charge is 0.280 e. The fraction of sp³-hybridized carbons (Fsp3) is 0.179. The third-order valence-electron chi connectivity index (χ3n) is 5.70. The number of amides is 1. The highest BCUT2D eigenvalue weighted by Crippen LogP contribution is 2.24. The van der Waals surface area contributed by atoms with Crippen molar-refractivity contribution in [1.29, 1.82) is 0 Å². The predicted octanol–water partition coefficient (Wildman–Crippen LogP) is 4.79. The minimum absolute atomic E-state index is 0.187. The lowest BCUT2D eigenvalue weighted by molar-refractivity contribution is -0.121. The molecular weight excluding hydrogens is 424 g/mol. The van der Waals surface area contributed by atoms with E-state index in [1.807, 2.05) is 91.0 Å². The van der Waals surface area contributed by atoms with E-state index < -0.39 is 5.92 Å². The third kappa shape index (κ3) is 4.91. The molecule has 1 heterocycles. The zero-order valence-electron chi connectivity index (χ0n) is 19.4. The van der Waals surface area contributed by atoms with Gasteiger partial charge in [0.25, 0.3) is 11.5 Å². The van der Waals surface area contributed by atoms with Crippen LogP contribution in [0.5, 0.6) is 0 Å². The second-order valence-electron chi connectivity index (χ2n) is 8.12. The molecule has 0 atom stereocenters. The summed E-state index contributed by atoms with van der Waals surface area (Å²) >= 11 is 0. The van der Waals surface area contributed by atoms with Crippen LogP contribution in [0.4, 0.5) is 0 Å². The van der Waals surface area contributed by atoms with Gasteiger partial charge in [-0.1, -0.05) is 92.2 Å². The molecule has 0 spiro atoms. The molecule has 0 aliphatic rings. The summed E-state index contributed by atoms with van der Waals surface area (Å²) in [6, 6.07) is 28.6. The van der Waals surface area contributed by atoms with Crippen molar-refractivity contribution in [2.45, 2.75) is 32.6 Å². The lowest BCUT2D eigenvalue weighted by Crippen LogP contribution is -2.28. The average molecular weight is 453 g/mol. The van der Waals surface area contributed by atoms with Gasteiger partial charge in [0, 0.05) is 5.69 Å². The summed E-state index contributed by atoms with van der Waals surface area (Å²) in [6.07, 6.45) is 1.56. The van der Waals surface area contributed by atoms with Gasteiger partial charge in [-0.25, -0.2) is 10.1 Å². The number of rotatable bonds is 8. The first-order chi connectivity index (χ1) is 16.6. The maximum atomic E-state index is 13.3. The van der Waals surface area contributed by atoms with Gasteiger partial charge in [0.1, 0.15) is 0 Å². The monoisotopic (exact) mass is 452 g/mol. The maximum absolute atomic E-state index is 13.3. The number of hydrogen-bond acceptors (Lipinski definition) is 3. The second kappa shape index (κ2) is 10.6. The Morgan fingerprint density at radius 1 is 0.912 bits per heavy atom. The number of carbonyl (C=O) groups excluding carboxylic acids is 1. The third-order valence-corrected chi connectivity index (χ3v) is 5.70. The van der Waals surface area contributed by atoms with E-state index in [0.717, 1.165) is 28.9 Å². The number of para-hydroxylation sites is 1. The number of carbonyl (C=O) groups is 1. The zero-order chi connectivity index (χ0) is 23.9. The van der Waals surface area contributed by atoms with Gasteiger partial charge in [0.05, 0.1) is 22.9 Å². The quantitative estimate of drug-likeness (QED) is 0.298. The van der Waals surface area contributed by atoms with Crippen LogP contribution in [0.15, 0.2) is 101 Å². The second-order valence-corrected chi connectivity index (χ2v) is 8.12. The van der Waals surface area contributed by atoms with Gasteiger partial charge in [-0.15, -0.1) is 0 Å². The standard InChI is InChI=1S/C28H28N4O2/c1-3-13-24-25(28(34)32(31-24)23-18-11-6-12-19-23)20(2)29-30-27(33)26(21-14-7-4-8-15-21)22-16-9-5-10-17-22/h4-12,14-19,26,31H,3,13H2,1-2H3,(H,30,33)/b29-20+. The largest absolute Gasteiger partial charge is 0.294 e. The molecule has 6 heteroatoms. The molecule has 0 aliphatic carbocycles. The normalized spacial score (nSPS) is 11.6. The van der Waals surface area contributed by atoms with Crippen LogP contribution in [0.1, 0.15) is 48.6 Å². The highest BCUT2D eigenvalue weighted by Gasteiger charge is 2.23. The molecule has 4 aromatic rings. The summed E-state index contributed by atoms with van der Waals surface area (Å²) in [6.45, 7) is 3.81. The minimum Gasteiger partial charge on any atom is -0.294 e. The first-order valence-corrected chi connectivity index (χ1v) is 11.4. The molecule has 0 saturated carbocycles. The fourth-order valence-corrected chi connectivity index (χ4v) is 4.09. The average Bonchev–Trinajstić information content (AvgIpc) is 3.20. The van der Waals surface area contributed by atoms with E-state index in [1.54, 1.807) is 6.92 Å². The van der Waals surface area contributed by atoms with Gasteiger partial charge in [0.2, 0.25) is 0 Å². The van der Waals surface area contributed by atoms with Gasteiger partial charge in [0.15, 0.2) is 0 Å². The Hall–Kier alpha value is -4.19. The highest BCUT2D eigenvalue weighted by atomic mass is 16.2. The van der Waals surface area contributed by atoms with Crippen LogP contribution in [0.3, 0.4) is 0 Å². The van der Waals surface area contributed by atoms with Gasteiger partial charge in [-0.3, -0.25) is 14.7 Å². The molecule has 3 aromatic carbocycles. The van der Waals surface area contributed by atoms with E-state index in [4.69, 9.17) is 0 Å². The number of nitrogens with zero attached hydrogens (tertiary/aromatic N) is 2. The molecule has 4 rings (SSSR count). The summed E-state index contributed by atoms with van der Waals surface area (Å²) < 4.78 is 1.53. The van der Waals surface area contributed by atoms with Crippen molar-refractivity contribution in [2.24, 2.45) is 5.10 Å². The minimum atomic E-state index is -0.513. The Morgan fingerprint density at radius 3 is 1.97 bits per heavy atom. The lowest BCUT2D eigenvalue weighted by Gasteiger charge is -2.16. The van der Waals surface area contributed by atoms with Crippen LogP contribution in [0.2, 0.25) is 0 Å². The summed E-state index contributed by atoms with van der Waals surface area (Å²) in [4.78, 5) is 26.6. The van der Waals surface area contributed by atoms with E-state index >= 15 is 0 Å². The number of aromatic amines is 1. The van der Waals surface area contributed by atoms with Crippen molar-refractivity contribution >= 4 is 11.6 Å². The topological polar surface area (TPSA) is 79.2 Å².